The molecule has 2 N–H and O–H groups in total. The summed E-state index contributed by atoms with van der Waals surface area (Å²) >= 11 is 0. The zero-order chi connectivity index (χ0) is 24.1. The van der Waals surface area contributed by atoms with Gasteiger partial charge in [0, 0.05) is 12.6 Å². The van der Waals surface area contributed by atoms with Crippen LogP contribution in [0.4, 0.5) is 0 Å². The molecule has 2 aromatic rings. The Morgan fingerprint density at radius 3 is 2.39 bits per heavy atom. The number of aryl methyl sites for hydroxylation is 3. The third-order valence-electron chi connectivity index (χ3n) is 6.49. The first kappa shape index (κ1) is 27.1. The third-order valence-corrected chi connectivity index (χ3v) is 6.49. The van der Waals surface area contributed by atoms with Crippen LogP contribution in [0.25, 0.3) is 0 Å². The molecule has 1 unspecified atom stereocenters. The second kappa shape index (κ2) is 14.9. The van der Waals surface area contributed by atoms with Crippen LogP contribution in [0, 0.1) is 0 Å². The van der Waals surface area contributed by atoms with Crippen LogP contribution in [0.2, 0.25) is 0 Å². The van der Waals surface area contributed by atoms with Crippen molar-refractivity contribution in [3.05, 3.63) is 70.3 Å². The molecule has 0 aliphatic carbocycles. The molecule has 0 heterocycles. The van der Waals surface area contributed by atoms with Crippen LogP contribution < -0.4 is 5.32 Å². The number of hydrogen-bond donors (Lipinski definition) is 2. The molecule has 4 nitrogen and oxygen atoms in total. The number of rotatable bonds is 16. The normalized spacial score (nSPS) is 12.3. The highest BCUT2D eigenvalue weighted by Gasteiger charge is 2.18. The molecule has 0 fully saturated rings. The van der Waals surface area contributed by atoms with Crippen LogP contribution in [0.5, 0.6) is 0 Å². The molecule has 0 bridgehead atoms. The minimum absolute atomic E-state index is 0.398. The maximum atomic E-state index is 11.4. The number of hydrogen-bond acceptors (Lipinski definition) is 3. The molecule has 4 heteroatoms. The highest BCUT2D eigenvalue weighted by Crippen LogP contribution is 2.21. The summed E-state index contributed by atoms with van der Waals surface area (Å²) in [5, 5.41) is 12.7. The van der Waals surface area contributed by atoms with Gasteiger partial charge in [-0.2, -0.15) is 0 Å². The van der Waals surface area contributed by atoms with E-state index in [0.717, 1.165) is 64.6 Å². The van der Waals surface area contributed by atoms with Gasteiger partial charge in [-0.1, -0.05) is 63.9 Å². The second-order valence-electron chi connectivity index (χ2n) is 9.14. The second-order valence-corrected chi connectivity index (χ2v) is 9.14. The lowest BCUT2D eigenvalue weighted by atomic mass is 9.94. The number of carbonyl (C=O) groups is 1. The van der Waals surface area contributed by atoms with Crippen LogP contribution in [0.1, 0.15) is 85.5 Å². The molecule has 2 rings (SSSR count). The van der Waals surface area contributed by atoms with Crippen molar-refractivity contribution >= 4 is 5.97 Å². The first-order valence-electron chi connectivity index (χ1n) is 12.8. The largest absolute Gasteiger partial charge is 0.478 e. The average molecular weight is 453 g/mol. The van der Waals surface area contributed by atoms with Crippen molar-refractivity contribution in [3.8, 4) is 0 Å². The van der Waals surface area contributed by atoms with Gasteiger partial charge < -0.3 is 10.4 Å². The average Bonchev–Trinajstić information content (AvgIpc) is 2.80. The van der Waals surface area contributed by atoms with Crippen molar-refractivity contribution in [1.82, 2.24) is 10.2 Å². The minimum Gasteiger partial charge on any atom is -0.478 e. The van der Waals surface area contributed by atoms with E-state index in [0.29, 0.717) is 11.6 Å². The van der Waals surface area contributed by atoms with E-state index in [4.69, 9.17) is 0 Å². The lowest BCUT2D eigenvalue weighted by Gasteiger charge is -2.32. The molecule has 182 valence electrons. The van der Waals surface area contributed by atoms with E-state index < -0.39 is 5.97 Å². The van der Waals surface area contributed by atoms with Gasteiger partial charge in [0.1, 0.15) is 0 Å². The van der Waals surface area contributed by atoms with Gasteiger partial charge in [0.15, 0.2) is 0 Å². The van der Waals surface area contributed by atoms with Gasteiger partial charge in [0.25, 0.3) is 0 Å². The smallest absolute Gasteiger partial charge is 0.335 e. The maximum Gasteiger partial charge on any atom is 0.335 e. The predicted octanol–water partition coefficient (Wildman–Crippen LogP) is 6.11. The Balaban J connectivity index is 2.16. The van der Waals surface area contributed by atoms with Crippen molar-refractivity contribution in [3.63, 3.8) is 0 Å². The van der Waals surface area contributed by atoms with Gasteiger partial charge >= 0.3 is 5.97 Å². The fourth-order valence-corrected chi connectivity index (χ4v) is 4.73. The van der Waals surface area contributed by atoms with E-state index in [9.17, 15) is 9.90 Å². The number of nitrogens with one attached hydrogen (secondary N) is 1. The first-order valence-corrected chi connectivity index (χ1v) is 12.8. The van der Waals surface area contributed by atoms with Crippen molar-refractivity contribution in [2.24, 2.45) is 0 Å². The van der Waals surface area contributed by atoms with Crippen molar-refractivity contribution in [2.75, 3.05) is 20.1 Å². The molecule has 0 saturated heterocycles. The zero-order valence-electron chi connectivity index (χ0n) is 21.2. The fourth-order valence-electron chi connectivity index (χ4n) is 4.73. The molecule has 2 aromatic carbocycles. The minimum atomic E-state index is -0.841. The summed E-state index contributed by atoms with van der Waals surface area (Å²) in [6.45, 7) is 9.78. The summed E-state index contributed by atoms with van der Waals surface area (Å²) in [4.78, 5) is 14.1. The number of benzene rings is 2. The highest BCUT2D eigenvalue weighted by molar-refractivity contribution is 5.87. The van der Waals surface area contributed by atoms with Gasteiger partial charge in [0.2, 0.25) is 0 Å². The molecule has 0 aliphatic heterocycles. The van der Waals surface area contributed by atoms with Crippen molar-refractivity contribution in [1.29, 1.82) is 0 Å². The molecule has 0 aliphatic rings. The number of carboxylic acids is 1. The van der Waals surface area contributed by atoms with E-state index in [2.05, 4.69) is 55.3 Å². The van der Waals surface area contributed by atoms with Crippen LogP contribution in [0.3, 0.4) is 0 Å². The first-order chi connectivity index (χ1) is 16.0. The third kappa shape index (κ3) is 8.94. The SMILES string of the molecule is CCCc1cccc(CN(CCCNC)C(CC)CCc2ccc(C(=O)O)cc2CCC)c1. The number of aromatic carboxylic acids is 1. The van der Waals surface area contributed by atoms with E-state index in [-0.39, 0.29) is 0 Å². The van der Waals surface area contributed by atoms with E-state index in [1.165, 1.54) is 28.7 Å². The van der Waals surface area contributed by atoms with Gasteiger partial charge in [-0.05, 0) is 93.0 Å². The monoisotopic (exact) mass is 452 g/mol. The Morgan fingerprint density at radius 2 is 1.73 bits per heavy atom. The standard InChI is InChI=1S/C29H44N2O2/c1-5-10-23-12-8-13-24(20-23)22-31(19-9-18-30-4)28(7-3)17-16-25-14-15-27(29(32)33)21-26(25)11-6-2/h8,12-15,20-21,28,30H,5-7,9-11,16-19,22H2,1-4H3,(H,32,33). The Hall–Kier alpha value is -2.17. The summed E-state index contributed by atoms with van der Waals surface area (Å²) in [6.07, 6.45) is 8.60. The van der Waals surface area contributed by atoms with Crippen LogP contribution in [-0.2, 0) is 25.8 Å². The van der Waals surface area contributed by atoms with E-state index >= 15 is 0 Å². The molecule has 0 saturated carbocycles. The lowest BCUT2D eigenvalue weighted by Crippen LogP contribution is -2.36. The summed E-state index contributed by atoms with van der Waals surface area (Å²) in [5.41, 5.74) is 5.74. The molecular weight excluding hydrogens is 408 g/mol. The quantitative estimate of drug-likeness (QED) is 0.302. The number of carboxylic acid groups (broad SMARTS) is 1. The Kier molecular flexibility index (Phi) is 12.2. The highest BCUT2D eigenvalue weighted by atomic mass is 16.4. The molecule has 0 amide bonds. The van der Waals surface area contributed by atoms with Crippen LogP contribution in [0.15, 0.2) is 42.5 Å². The van der Waals surface area contributed by atoms with Gasteiger partial charge in [0.05, 0.1) is 5.56 Å². The topological polar surface area (TPSA) is 52.6 Å². The fraction of sp³-hybridized carbons (Fsp3) is 0.552. The summed E-state index contributed by atoms with van der Waals surface area (Å²) in [5.74, 6) is -0.841. The predicted molar refractivity (Wildman–Crippen MR) is 139 cm³/mol. The Morgan fingerprint density at radius 1 is 0.970 bits per heavy atom. The van der Waals surface area contributed by atoms with Crippen molar-refractivity contribution in [2.45, 2.75) is 84.7 Å². The van der Waals surface area contributed by atoms with Gasteiger partial charge in [-0.3, -0.25) is 4.90 Å². The molecule has 33 heavy (non-hydrogen) atoms. The lowest BCUT2D eigenvalue weighted by molar-refractivity contribution is 0.0696. The maximum absolute atomic E-state index is 11.4. The molecule has 0 radical (unpaired) electrons. The van der Waals surface area contributed by atoms with E-state index in [1.54, 1.807) is 6.07 Å². The van der Waals surface area contributed by atoms with Crippen LogP contribution in [-0.4, -0.2) is 42.2 Å². The van der Waals surface area contributed by atoms with Crippen LogP contribution >= 0.6 is 0 Å². The summed E-state index contributed by atoms with van der Waals surface area (Å²) in [7, 11) is 2.02. The molecule has 0 spiro atoms. The molecule has 0 aromatic heterocycles. The summed E-state index contributed by atoms with van der Waals surface area (Å²) < 4.78 is 0. The zero-order valence-corrected chi connectivity index (χ0v) is 21.2. The number of nitrogens with zero attached hydrogens (tertiary/aromatic N) is 1. The van der Waals surface area contributed by atoms with Crippen molar-refractivity contribution < 1.29 is 9.90 Å². The Bertz CT molecular complexity index is 849. The van der Waals surface area contributed by atoms with Gasteiger partial charge in [-0.25, -0.2) is 4.79 Å². The molecule has 1 atom stereocenters. The molecular formula is C29H44N2O2. The Labute approximate surface area is 201 Å². The van der Waals surface area contributed by atoms with Gasteiger partial charge in [-0.15, -0.1) is 0 Å². The summed E-state index contributed by atoms with van der Waals surface area (Å²) in [6, 6.07) is 15.3. The van der Waals surface area contributed by atoms with E-state index in [1.807, 2.05) is 19.2 Å².